The number of aromatic nitrogens is 1. The summed E-state index contributed by atoms with van der Waals surface area (Å²) >= 11 is 0. The van der Waals surface area contributed by atoms with Crippen LogP contribution in [0, 0.1) is 0 Å². The first kappa shape index (κ1) is 23.1. The van der Waals surface area contributed by atoms with Crippen LogP contribution in [0.1, 0.15) is 56.7 Å². The van der Waals surface area contributed by atoms with Crippen molar-refractivity contribution in [1.82, 2.24) is 9.88 Å². The lowest BCUT2D eigenvalue weighted by Gasteiger charge is -2.22. The van der Waals surface area contributed by atoms with Gasteiger partial charge in [0.05, 0.1) is 25.8 Å². The Morgan fingerprint density at radius 2 is 1.84 bits per heavy atom. The van der Waals surface area contributed by atoms with Crippen molar-refractivity contribution in [2.75, 3.05) is 52.4 Å². The third kappa shape index (κ3) is 5.46. The highest BCUT2D eigenvalue weighted by Crippen LogP contribution is 2.39. The molecule has 176 valence electrons. The quantitative estimate of drug-likeness (QED) is 0.421. The van der Waals surface area contributed by atoms with Crippen molar-refractivity contribution in [3.63, 3.8) is 0 Å². The Hall–Kier alpha value is -2.05. The number of methoxy groups -OCH3 is 2. The van der Waals surface area contributed by atoms with Crippen LogP contribution in [0.3, 0.4) is 0 Å². The lowest BCUT2D eigenvalue weighted by atomic mass is 10.0. The highest BCUT2D eigenvalue weighted by atomic mass is 16.5. The van der Waals surface area contributed by atoms with Crippen LogP contribution in [0.4, 0.5) is 5.69 Å². The summed E-state index contributed by atoms with van der Waals surface area (Å²) in [5.41, 5.74) is 4.76. The van der Waals surface area contributed by atoms with Crippen LogP contribution in [-0.2, 0) is 17.6 Å². The Morgan fingerprint density at radius 1 is 1.03 bits per heavy atom. The van der Waals surface area contributed by atoms with Crippen molar-refractivity contribution in [2.45, 2.75) is 64.3 Å². The van der Waals surface area contributed by atoms with Gasteiger partial charge in [-0.25, -0.2) is 0 Å². The maximum absolute atomic E-state index is 6.19. The van der Waals surface area contributed by atoms with Gasteiger partial charge >= 0.3 is 0 Å². The molecule has 1 aliphatic carbocycles. The van der Waals surface area contributed by atoms with Crippen molar-refractivity contribution in [3.8, 4) is 11.5 Å². The summed E-state index contributed by atoms with van der Waals surface area (Å²) in [5.74, 6) is 1.56. The Bertz CT molecular complexity index is 896. The maximum atomic E-state index is 6.19. The van der Waals surface area contributed by atoms with Crippen molar-refractivity contribution >= 4 is 16.6 Å². The number of ether oxygens (including phenoxy) is 3. The fourth-order valence-electron chi connectivity index (χ4n) is 5.06. The summed E-state index contributed by atoms with van der Waals surface area (Å²) < 4.78 is 17.3. The van der Waals surface area contributed by atoms with E-state index in [-0.39, 0.29) is 6.04 Å². The van der Waals surface area contributed by atoms with E-state index in [1.54, 1.807) is 14.2 Å². The molecule has 0 saturated carbocycles. The third-order valence-electron chi connectivity index (χ3n) is 6.68. The van der Waals surface area contributed by atoms with Gasteiger partial charge in [0.15, 0.2) is 11.5 Å². The number of nitrogens with zero attached hydrogens (tertiary/aromatic N) is 2. The molecule has 6 heteroatoms. The van der Waals surface area contributed by atoms with Gasteiger partial charge in [0.2, 0.25) is 0 Å². The second-order valence-corrected chi connectivity index (χ2v) is 9.24. The van der Waals surface area contributed by atoms with E-state index in [9.17, 15) is 0 Å². The molecule has 1 fully saturated rings. The van der Waals surface area contributed by atoms with Crippen LogP contribution >= 0.6 is 0 Å². The summed E-state index contributed by atoms with van der Waals surface area (Å²) in [6.07, 6.45) is 9.46. The number of benzene rings is 1. The van der Waals surface area contributed by atoms with E-state index in [0.29, 0.717) is 13.2 Å². The zero-order valence-corrected chi connectivity index (χ0v) is 20.0. The molecule has 1 aromatic heterocycles. The minimum Gasteiger partial charge on any atom is -0.493 e. The van der Waals surface area contributed by atoms with Crippen LogP contribution < -0.4 is 14.8 Å². The Labute approximate surface area is 192 Å². The number of nitrogens with one attached hydrogen (secondary N) is 1. The third-order valence-corrected chi connectivity index (χ3v) is 6.68. The molecule has 1 atom stereocenters. The van der Waals surface area contributed by atoms with Gasteiger partial charge < -0.3 is 24.4 Å². The fourth-order valence-corrected chi connectivity index (χ4v) is 5.06. The minimum atomic E-state index is 0.213. The largest absolute Gasteiger partial charge is 0.493 e. The van der Waals surface area contributed by atoms with E-state index >= 15 is 0 Å². The van der Waals surface area contributed by atoms with Gasteiger partial charge in [-0.05, 0) is 76.6 Å². The number of aryl methyl sites for hydroxylation is 1. The van der Waals surface area contributed by atoms with Crippen LogP contribution in [0.5, 0.6) is 11.5 Å². The lowest BCUT2D eigenvalue weighted by molar-refractivity contribution is 0.190. The minimum absolute atomic E-state index is 0.213. The van der Waals surface area contributed by atoms with Crippen molar-refractivity contribution in [1.29, 1.82) is 0 Å². The monoisotopic (exact) mass is 441 g/mol. The SMILES string of the molecule is COC[C@H](C)Nc1c2c(nc3cc(OCCCN4CCCC4)c(OC)cc13)CCCCC2. The zero-order chi connectivity index (χ0) is 22.3. The predicted octanol–water partition coefficient (Wildman–Crippen LogP) is 4.82. The van der Waals surface area contributed by atoms with Crippen LogP contribution in [-0.4, -0.2) is 63.0 Å². The van der Waals surface area contributed by atoms with Crippen LogP contribution in [0.25, 0.3) is 10.9 Å². The molecule has 1 saturated heterocycles. The number of pyridine rings is 1. The van der Waals surface area contributed by atoms with Gasteiger partial charge in [-0.1, -0.05) is 6.42 Å². The van der Waals surface area contributed by atoms with E-state index in [0.717, 1.165) is 48.2 Å². The first-order chi connectivity index (χ1) is 15.7. The highest BCUT2D eigenvalue weighted by molar-refractivity contribution is 5.96. The zero-order valence-electron chi connectivity index (χ0n) is 20.0. The molecule has 0 spiro atoms. The molecule has 0 radical (unpaired) electrons. The topological polar surface area (TPSA) is 55.8 Å². The molecule has 4 rings (SSSR count). The first-order valence-corrected chi connectivity index (χ1v) is 12.3. The van der Waals surface area contributed by atoms with Gasteiger partial charge in [0.1, 0.15) is 0 Å². The van der Waals surface area contributed by atoms with E-state index in [1.807, 2.05) is 0 Å². The number of rotatable bonds is 10. The second kappa shape index (κ2) is 11.2. The highest BCUT2D eigenvalue weighted by Gasteiger charge is 2.21. The van der Waals surface area contributed by atoms with Crippen LogP contribution in [0.15, 0.2) is 12.1 Å². The van der Waals surface area contributed by atoms with Crippen LogP contribution in [0.2, 0.25) is 0 Å². The molecule has 2 aromatic rings. The molecular formula is C26H39N3O3. The number of hydrogen-bond donors (Lipinski definition) is 1. The number of anilines is 1. The molecule has 1 aliphatic heterocycles. The van der Waals surface area contributed by atoms with Crippen molar-refractivity contribution in [2.24, 2.45) is 0 Å². The smallest absolute Gasteiger partial charge is 0.163 e. The first-order valence-electron chi connectivity index (χ1n) is 12.3. The van der Waals surface area contributed by atoms with Gasteiger partial charge in [-0.15, -0.1) is 0 Å². The molecule has 1 N–H and O–H groups in total. The van der Waals surface area contributed by atoms with Gasteiger partial charge in [-0.3, -0.25) is 4.98 Å². The summed E-state index contributed by atoms with van der Waals surface area (Å²) in [4.78, 5) is 7.63. The second-order valence-electron chi connectivity index (χ2n) is 9.24. The Morgan fingerprint density at radius 3 is 2.62 bits per heavy atom. The lowest BCUT2D eigenvalue weighted by Crippen LogP contribution is -2.22. The van der Waals surface area contributed by atoms with E-state index < -0.39 is 0 Å². The van der Waals surface area contributed by atoms with Gasteiger partial charge in [0, 0.05) is 42.5 Å². The standard InChI is InChI=1S/C26H39N3O3/c1-19(18-30-2)27-26-20-10-5-4-6-11-22(20)28-23-17-25(24(31-3)16-21(23)26)32-15-9-14-29-12-7-8-13-29/h16-17,19H,4-15,18H2,1-3H3,(H,27,28)/t19-/m0/s1. The Kier molecular flexibility index (Phi) is 8.09. The maximum Gasteiger partial charge on any atom is 0.163 e. The normalized spacial score (nSPS) is 17.7. The predicted molar refractivity (Wildman–Crippen MR) is 130 cm³/mol. The van der Waals surface area contributed by atoms with E-state index in [2.05, 4.69) is 29.3 Å². The van der Waals surface area contributed by atoms with E-state index in [1.165, 1.54) is 62.1 Å². The molecule has 2 aliphatic rings. The Balaban J connectivity index is 1.62. The molecule has 0 unspecified atom stereocenters. The summed E-state index contributed by atoms with van der Waals surface area (Å²) in [5, 5.41) is 4.84. The molecule has 6 nitrogen and oxygen atoms in total. The molecular weight excluding hydrogens is 402 g/mol. The van der Waals surface area contributed by atoms with Crippen molar-refractivity contribution < 1.29 is 14.2 Å². The number of hydrogen-bond acceptors (Lipinski definition) is 6. The number of likely N-dealkylation sites (tertiary alicyclic amines) is 1. The summed E-state index contributed by atoms with van der Waals surface area (Å²) in [6, 6.07) is 4.39. The number of fused-ring (bicyclic) bond motifs is 2. The van der Waals surface area contributed by atoms with Gasteiger partial charge in [0.25, 0.3) is 0 Å². The average molecular weight is 442 g/mol. The van der Waals surface area contributed by atoms with Gasteiger partial charge in [-0.2, -0.15) is 0 Å². The molecule has 32 heavy (non-hydrogen) atoms. The molecule has 2 heterocycles. The van der Waals surface area contributed by atoms with Crippen molar-refractivity contribution in [3.05, 3.63) is 23.4 Å². The molecule has 0 amide bonds. The average Bonchev–Trinajstić information content (AvgIpc) is 3.20. The fraction of sp³-hybridized carbons (Fsp3) is 0.654. The molecule has 1 aromatic carbocycles. The summed E-state index contributed by atoms with van der Waals surface area (Å²) in [6.45, 7) is 7.07. The summed E-state index contributed by atoms with van der Waals surface area (Å²) in [7, 11) is 3.47. The molecule has 0 bridgehead atoms. The van der Waals surface area contributed by atoms with E-state index in [4.69, 9.17) is 19.2 Å².